The number of hydrogen-bond acceptors (Lipinski definition) is 3. The van der Waals surface area contributed by atoms with Crippen molar-refractivity contribution in [3.05, 3.63) is 55.6 Å². The Labute approximate surface area is 132 Å². The number of rotatable bonds is 5. The first kappa shape index (κ1) is 15.8. The first-order chi connectivity index (χ1) is 9.97. The maximum atomic E-state index is 12.3. The van der Waals surface area contributed by atoms with Gasteiger partial charge in [-0.2, -0.15) is 0 Å². The molecule has 0 bridgehead atoms. The molecule has 0 saturated carbocycles. The molecule has 0 spiro atoms. The summed E-state index contributed by atoms with van der Waals surface area (Å²) in [5, 5.41) is 5.01. The molecular formula is C15H17ClN2O2S. The Kier molecular flexibility index (Phi) is 5.20. The van der Waals surface area contributed by atoms with Crippen molar-refractivity contribution in [3.8, 4) is 0 Å². The molecule has 0 unspecified atom stereocenters. The number of H-pyrrole nitrogens is 1. The Bertz CT molecular complexity index is 665. The topological polar surface area (TPSA) is 62.0 Å². The SMILES string of the molecule is CC(C)C[C@@H](NC(=O)c1c[nH]c(=O)c(Cl)c1)c1cccs1. The van der Waals surface area contributed by atoms with Gasteiger partial charge in [0.2, 0.25) is 0 Å². The largest absolute Gasteiger partial charge is 0.344 e. The van der Waals surface area contributed by atoms with Gasteiger partial charge >= 0.3 is 0 Å². The third kappa shape index (κ3) is 4.19. The normalized spacial score (nSPS) is 12.4. The minimum atomic E-state index is -0.398. The summed E-state index contributed by atoms with van der Waals surface area (Å²) in [6.45, 7) is 4.23. The number of hydrogen-bond donors (Lipinski definition) is 2. The Morgan fingerprint density at radius 2 is 2.24 bits per heavy atom. The van der Waals surface area contributed by atoms with Crippen LogP contribution in [0.4, 0.5) is 0 Å². The van der Waals surface area contributed by atoms with Gasteiger partial charge in [0.05, 0.1) is 11.6 Å². The summed E-state index contributed by atoms with van der Waals surface area (Å²) in [6, 6.07) is 5.33. The predicted octanol–water partition coefficient (Wildman–Crippen LogP) is 3.61. The van der Waals surface area contributed by atoms with Crippen molar-refractivity contribution in [1.82, 2.24) is 10.3 Å². The lowest BCUT2D eigenvalue weighted by molar-refractivity contribution is 0.0932. The molecule has 2 N–H and O–H groups in total. The summed E-state index contributed by atoms with van der Waals surface area (Å²) < 4.78 is 0. The second kappa shape index (κ2) is 6.91. The van der Waals surface area contributed by atoms with E-state index in [2.05, 4.69) is 24.1 Å². The van der Waals surface area contributed by atoms with E-state index in [0.29, 0.717) is 11.5 Å². The van der Waals surface area contributed by atoms with Crippen molar-refractivity contribution in [3.63, 3.8) is 0 Å². The molecule has 2 aromatic heterocycles. The van der Waals surface area contributed by atoms with Crippen LogP contribution in [0.15, 0.2) is 34.6 Å². The van der Waals surface area contributed by atoms with Crippen molar-refractivity contribution in [1.29, 1.82) is 0 Å². The lowest BCUT2D eigenvalue weighted by atomic mass is 10.0. The monoisotopic (exact) mass is 324 g/mol. The van der Waals surface area contributed by atoms with Gasteiger partial charge in [0.25, 0.3) is 11.5 Å². The van der Waals surface area contributed by atoms with Gasteiger partial charge < -0.3 is 10.3 Å². The highest BCUT2D eigenvalue weighted by atomic mass is 35.5. The van der Waals surface area contributed by atoms with Crippen LogP contribution < -0.4 is 10.9 Å². The van der Waals surface area contributed by atoms with E-state index in [9.17, 15) is 9.59 Å². The molecule has 4 nitrogen and oxygen atoms in total. The first-order valence-electron chi connectivity index (χ1n) is 6.70. The zero-order valence-electron chi connectivity index (χ0n) is 11.9. The van der Waals surface area contributed by atoms with Crippen molar-refractivity contribution < 1.29 is 4.79 Å². The van der Waals surface area contributed by atoms with Crippen molar-refractivity contribution in [2.75, 3.05) is 0 Å². The summed E-state index contributed by atoms with van der Waals surface area (Å²) >= 11 is 7.37. The number of carbonyl (C=O) groups excluding carboxylic acids is 1. The fourth-order valence-electron chi connectivity index (χ4n) is 2.04. The second-order valence-electron chi connectivity index (χ2n) is 5.24. The molecule has 1 amide bonds. The number of carbonyl (C=O) groups is 1. The fraction of sp³-hybridized carbons (Fsp3) is 0.333. The minimum Gasteiger partial charge on any atom is -0.344 e. The van der Waals surface area contributed by atoms with Gasteiger partial charge in [0.15, 0.2) is 0 Å². The van der Waals surface area contributed by atoms with Gasteiger partial charge in [0, 0.05) is 11.1 Å². The van der Waals surface area contributed by atoms with E-state index in [1.165, 1.54) is 12.3 Å². The average Bonchev–Trinajstić information content (AvgIpc) is 2.94. The van der Waals surface area contributed by atoms with E-state index in [4.69, 9.17) is 11.6 Å². The van der Waals surface area contributed by atoms with Crippen LogP contribution in [-0.2, 0) is 0 Å². The number of aromatic amines is 1. The molecule has 0 aromatic carbocycles. The van der Waals surface area contributed by atoms with Gasteiger partial charge in [-0.05, 0) is 29.9 Å². The average molecular weight is 325 g/mol. The zero-order valence-corrected chi connectivity index (χ0v) is 13.4. The molecule has 1 atom stereocenters. The Balaban J connectivity index is 2.17. The quantitative estimate of drug-likeness (QED) is 0.882. The summed E-state index contributed by atoms with van der Waals surface area (Å²) in [5.74, 6) is 0.212. The molecule has 0 radical (unpaired) electrons. The minimum absolute atomic E-state index is 0.0131. The standard InChI is InChI=1S/C15H17ClN2O2S/c1-9(2)6-12(13-4-3-5-21-13)18-14(19)10-7-11(16)15(20)17-8-10/h3-5,7-9,12H,6H2,1-2H3,(H,17,20)(H,18,19)/t12-/m1/s1. The summed E-state index contributed by atoms with van der Waals surface area (Å²) in [4.78, 5) is 27.1. The molecule has 0 aliphatic heterocycles. The van der Waals surface area contributed by atoms with Gasteiger partial charge in [-0.1, -0.05) is 31.5 Å². The van der Waals surface area contributed by atoms with Gasteiger partial charge in [-0.3, -0.25) is 9.59 Å². The van der Waals surface area contributed by atoms with Crippen LogP contribution in [0.3, 0.4) is 0 Å². The summed E-state index contributed by atoms with van der Waals surface area (Å²) in [6.07, 6.45) is 2.23. The highest BCUT2D eigenvalue weighted by Crippen LogP contribution is 2.25. The predicted molar refractivity (Wildman–Crippen MR) is 86.1 cm³/mol. The van der Waals surface area contributed by atoms with E-state index >= 15 is 0 Å². The molecule has 0 saturated heterocycles. The van der Waals surface area contributed by atoms with Crippen LogP contribution in [-0.4, -0.2) is 10.9 Å². The molecule has 6 heteroatoms. The molecule has 2 heterocycles. The molecule has 0 aliphatic rings. The van der Waals surface area contributed by atoms with E-state index in [1.54, 1.807) is 11.3 Å². The maximum absolute atomic E-state index is 12.3. The number of nitrogens with one attached hydrogen (secondary N) is 2. The highest BCUT2D eigenvalue weighted by Gasteiger charge is 2.18. The third-order valence-corrected chi connectivity index (χ3v) is 4.29. The highest BCUT2D eigenvalue weighted by molar-refractivity contribution is 7.10. The number of aromatic nitrogens is 1. The molecule has 0 aliphatic carbocycles. The Morgan fingerprint density at radius 3 is 2.81 bits per heavy atom. The van der Waals surface area contributed by atoms with Crippen molar-refractivity contribution in [2.24, 2.45) is 5.92 Å². The number of amides is 1. The Hall–Kier alpha value is -1.59. The second-order valence-corrected chi connectivity index (χ2v) is 6.62. The summed E-state index contributed by atoms with van der Waals surface area (Å²) in [7, 11) is 0. The van der Waals surface area contributed by atoms with Gasteiger partial charge in [0.1, 0.15) is 5.02 Å². The molecule has 2 rings (SSSR count). The number of halogens is 1. The van der Waals surface area contributed by atoms with Crippen LogP contribution in [0.25, 0.3) is 0 Å². The van der Waals surface area contributed by atoms with Crippen LogP contribution in [0.5, 0.6) is 0 Å². The molecular weight excluding hydrogens is 308 g/mol. The molecule has 0 fully saturated rings. The van der Waals surface area contributed by atoms with Crippen molar-refractivity contribution >= 4 is 28.8 Å². The van der Waals surface area contributed by atoms with E-state index in [1.807, 2.05) is 17.5 Å². The smallest absolute Gasteiger partial charge is 0.266 e. The van der Waals surface area contributed by atoms with Crippen LogP contribution >= 0.6 is 22.9 Å². The van der Waals surface area contributed by atoms with Gasteiger partial charge in [-0.15, -0.1) is 11.3 Å². The number of pyridine rings is 1. The summed E-state index contributed by atoms with van der Waals surface area (Å²) in [5.41, 5.74) is -0.0462. The number of thiophene rings is 1. The van der Waals surface area contributed by atoms with E-state index in [-0.39, 0.29) is 17.0 Å². The van der Waals surface area contributed by atoms with E-state index < -0.39 is 5.56 Å². The van der Waals surface area contributed by atoms with Crippen molar-refractivity contribution in [2.45, 2.75) is 26.3 Å². The Morgan fingerprint density at radius 1 is 1.48 bits per heavy atom. The van der Waals surface area contributed by atoms with Crippen LogP contribution in [0.1, 0.15) is 41.5 Å². The maximum Gasteiger partial charge on any atom is 0.266 e. The first-order valence-corrected chi connectivity index (χ1v) is 7.95. The third-order valence-electron chi connectivity index (χ3n) is 3.02. The lowest BCUT2D eigenvalue weighted by Crippen LogP contribution is -2.29. The fourth-order valence-corrected chi connectivity index (χ4v) is 3.00. The van der Waals surface area contributed by atoms with Gasteiger partial charge in [-0.25, -0.2) is 0 Å². The van der Waals surface area contributed by atoms with E-state index in [0.717, 1.165) is 11.3 Å². The lowest BCUT2D eigenvalue weighted by Gasteiger charge is -2.19. The zero-order chi connectivity index (χ0) is 15.4. The van der Waals surface area contributed by atoms with Crippen LogP contribution in [0.2, 0.25) is 5.02 Å². The van der Waals surface area contributed by atoms with Crippen LogP contribution in [0, 0.1) is 5.92 Å². The molecule has 2 aromatic rings. The molecule has 21 heavy (non-hydrogen) atoms. The molecule has 112 valence electrons.